The maximum Gasteiger partial charge on any atom is 0.421 e. The monoisotopic (exact) mass is 847 g/mol. The molecule has 15 heteroatoms. The molecule has 2 unspecified atom stereocenters. The topological polar surface area (TPSA) is 109 Å². The largest absolute Gasteiger partial charge is 0.504 e. The number of nitrogens with zero attached hydrogens (tertiary/aromatic N) is 5. The molecule has 2 aromatic carbocycles. The third-order valence-electron chi connectivity index (χ3n) is 11.2. The molecule has 0 radical (unpaired) electrons. The predicted molar refractivity (Wildman–Crippen MR) is 228 cm³/mol. The number of para-hydroxylation sites is 1. The fourth-order valence-corrected chi connectivity index (χ4v) is 7.52. The van der Waals surface area contributed by atoms with E-state index in [1.165, 1.54) is 38.7 Å². The van der Waals surface area contributed by atoms with E-state index in [9.17, 15) is 23.2 Å². The highest BCUT2D eigenvalue weighted by atomic mass is 19.4. The van der Waals surface area contributed by atoms with E-state index in [1.807, 2.05) is 43.8 Å². The third kappa shape index (κ3) is 12.4. The fourth-order valence-electron chi connectivity index (χ4n) is 7.52. The van der Waals surface area contributed by atoms with Gasteiger partial charge in [0, 0.05) is 57.7 Å². The Morgan fingerprint density at radius 1 is 0.983 bits per heavy atom. The van der Waals surface area contributed by atoms with Crippen molar-refractivity contribution in [2.75, 3.05) is 48.0 Å². The average Bonchev–Trinajstić information content (AvgIpc) is 3.21. The standard InChI is InChI=1S/C45H62F5N5O5/c1-10-15-39(51-30-54(6)11-2)32(3)26-36(29-58-8)44(53-57,42(5,46)47)35-20-18-34(19-21-35)22-24-55(7)31-52-40-28-41(59-9)38(27-33(40)4)43(56,45(48,49)50)23-25-60-37-16-13-12-14-17-37/h12-17,26-31,34-35,56H,10-11,18-25H2,1-9H3/b32-26-,36-29-,39-15?,51-30+,52-31+. The van der Waals surface area contributed by atoms with Crippen LogP contribution in [-0.2, 0) is 10.3 Å². The molecule has 60 heavy (non-hydrogen) atoms. The summed E-state index contributed by atoms with van der Waals surface area (Å²) in [5.41, 5.74) is -4.15. The minimum atomic E-state index is -5.03. The first-order chi connectivity index (χ1) is 28.3. The van der Waals surface area contributed by atoms with Crippen molar-refractivity contribution in [2.24, 2.45) is 27.0 Å². The van der Waals surface area contributed by atoms with E-state index in [4.69, 9.17) is 14.2 Å². The molecule has 3 rings (SSSR count). The van der Waals surface area contributed by atoms with Gasteiger partial charge in [-0.3, -0.25) is 0 Å². The first-order valence-corrected chi connectivity index (χ1v) is 20.3. The van der Waals surface area contributed by atoms with Gasteiger partial charge in [0.05, 0.1) is 51.2 Å². The summed E-state index contributed by atoms with van der Waals surface area (Å²) in [5, 5.41) is 14.3. The van der Waals surface area contributed by atoms with Gasteiger partial charge in [-0.1, -0.05) is 49.2 Å². The number of aliphatic hydroxyl groups is 1. The van der Waals surface area contributed by atoms with Gasteiger partial charge in [0.25, 0.3) is 5.92 Å². The number of aryl methyl sites for hydroxylation is 1. The molecule has 332 valence electrons. The molecule has 2 atom stereocenters. The summed E-state index contributed by atoms with van der Waals surface area (Å²) in [7, 11) is 6.27. The van der Waals surface area contributed by atoms with Crippen molar-refractivity contribution < 1.29 is 41.3 Å². The second kappa shape index (κ2) is 22.2. The van der Waals surface area contributed by atoms with E-state index in [-0.39, 0.29) is 17.2 Å². The van der Waals surface area contributed by atoms with E-state index < -0.39 is 47.7 Å². The van der Waals surface area contributed by atoms with Crippen LogP contribution in [0.5, 0.6) is 11.5 Å². The van der Waals surface area contributed by atoms with Crippen molar-refractivity contribution in [1.29, 1.82) is 0 Å². The quantitative estimate of drug-likeness (QED) is 0.0314. The van der Waals surface area contributed by atoms with Crippen LogP contribution in [0.25, 0.3) is 0 Å². The number of hydrogen-bond acceptors (Lipinski definition) is 8. The fraction of sp³-hybridized carbons (Fsp3) is 0.556. The van der Waals surface area contributed by atoms with Crippen LogP contribution in [0, 0.1) is 23.7 Å². The molecule has 1 saturated carbocycles. The highest BCUT2D eigenvalue weighted by Gasteiger charge is 2.60. The number of hydrogen-bond donors (Lipinski definition) is 1. The molecule has 10 nitrogen and oxygen atoms in total. The van der Waals surface area contributed by atoms with E-state index in [1.54, 1.807) is 56.9 Å². The lowest BCUT2D eigenvalue weighted by Gasteiger charge is -2.43. The molecule has 1 N–H and O–H groups in total. The molecule has 1 fully saturated rings. The lowest BCUT2D eigenvalue weighted by Crippen LogP contribution is -2.52. The number of halogens is 5. The van der Waals surface area contributed by atoms with Gasteiger partial charge in [0.1, 0.15) is 11.5 Å². The third-order valence-corrected chi connectivity index (χ3v) is 11.2. The van der Waals surface area contributed by atoms with Crippen LogP contribution in [0.4, 0.5) is 27.6 Å². The number of nitroso groups, excluding NO2 is 1. The predicted octanol–water partition coefficient (Wildman–Crippen LogP) is 10.9. The number of aliphatic imine (C=N–C) groups is 2. The van der Waals surface area contributed by atoms with E-state index in [2.05, 4.69) is 15.2 Å². The second-order valence-electron chi connectivity index (χ2n) is 15.5. The Morgan fingerprint density at radius 3 is 2.20 bits per heavy atom. The molecule has 0 heterocycles. The Labute approximate surface area is 351 Å². The zero-order valence-corrected chi connectivity index (χ0v) is 36.4. The summed E-state index contributed by atoms with van der Waals surface area (Å²) in [4.78, 5) is 25.6. The molecule has 0 saturated heterocycles. The zero-order chi connectivity index (χ0) is 44.7. The summed E-state index contributed by atoms with van der Waals surface area (Å²) in [5.74, 6) is -3.88. The number of allylic oxidation sites excluding steroid dienone is 2. The van der Waals surface area contributed by atoms with Gasteiger partial charge in [0.15, 0.2) is 11.1 Å². The van der Waals surface area contributed by atoms with Gasteiger partial charge in [-0.2, -0.15) is 13.2 Å². The Hall–Kier alpha value is -4.79. The van der Waals surface area contributed by atoms with E-state index in [0.717, 1.165) is 13.5 Å². The van der Waals surface area contributed by atoms with Crippen LogP contribution in [-0.4, -0.2) is 93.2 Å². The second-order valence-corrected chi connectivity index (χ2v) is 15.5. The van der Waals surface area contributed by atoms with Gasteiger partial charge < -0.3 is 29.1 Å². The number of alkyl halides is 5. The van der Waals surface area contributed by atoms with Gasteiger partial charge in [-0.05, 0) is 93.7 Å². The Kier molecular flexibility index (Phi) is 18.3. The van der Waals surface area contributed by atoms with Crippen molar-refractivity contribution in [2.45, 2.75) is 103 Å². The first kappa shape index (κ1) is 49.6. The molecule has 0 aromatic heterocycles. The van der Waals surface area contributed by atoms with Gasteiger partial charge >= 0.3 is 6.18 Å². The Bertz CT molecular complexity index is 1840. The van der Waals surface area contributed by atoms with Crippen molar-refractivity contribution in [3.8, 4) is 11.5 Å². The SMILES string of the molecule is CCC=C(/N=C/N(C)CC)/C(C)=C\C(=C\OC)C(N=O)(C1CCC(CCN(C)/C=N/c2cc(OC)c(C(O)(CCOc3ccccc3)C(F)(F)F)cc2C)CC1)C(C)(F)F. The highest BCUT2D eigenvalue weighted by Crippen LogP contribution is 2.51. The Balaban J connectivity index is 1.74. The first-order valence-electron chi connectivity index (χ1n) is 20.3. The van der Waals surface area contributed by atoms with Crippen LogP contribution in [0.1, 0.15) is 83.8 Å². The smallest absolute Gasteiger partial charge is 0.421 e. The summed E-state index contributed by atoms with van der Waals surface area (Å²) < 4.78 is 91.1. The highest BCUT2D eigenvalue weighted by molar-refractivity contribution is 5.65. The molecule has 1 aliphatic rings. The molecular weight excluding hydrogens is 786 g/mol. The summed E-state index contributed by atoms with van der Waals surface area (Å²) in [6.07, 6.45) is 5.30. The molecule has 0 aliphatic heterocycles. The minimum absolute atomic E-state index is 0.00874. The van der Waals surface area contributed by atoms with E-state index >= 15 is 8.78 Å². The van der Waals surface area contributed by atoms with Crippen LogP contribution in [0.15, 0.2) is 92.9 Å². The number of rotatable bonds is 22. The maximum atomic E-state index is 15.8. The van der Waals surface area contributed by atoms with Crippen molar-refractivity contribution in [3.63, 3.8) is 0 Å². The van der Waals surface area contributed by atoms with Crippen molar-refractivity contribution >= 4 is 18.4 Å². The zero-order valence-electron chi connectivity index (χ0n) is 36.4. The van der Waals surface area contributed by atoms with Crippen molar-refractivity contribution in [3.05, 3.63) is 93.8 Å². The lowest BCUT2D eigenvalue weighted by molar-refractivity contribution is -0.271. The normalized spacial score (nSPS) is 19.2. The summed E-state index contributed by atoms with van der Waals surface area (Å²) in [6.45, 7) is 8.92. The van der Waals surface area contributed by atoms with Crippen molar-refractivity contribution in [1.82, 2.24) is 9.80 Å². The van der Waals surface area contributed by atoms with Gasteiger partial charge in [0.2, 0.25) is 0 Å². The number of ether oxygens (including phenoxy) is 3. The molecule has 0 amide bonds. The number of methoxy groups -OCH3 is 2. The van der Waals surface area contributed by atoms with Crippen LogP contribution < -0.4 is 9.47 Å². The summed E-state index contributed by atoms with van der Waals surface area (Å²) >= 11 is 0. The molecule has 0 bridgehead atoms. The van der Waals surface area contributed by atoms with Gasteiger partial charge in [-0.15, -0.1) is 4.91 Å². The average molecular weight is 848 g/mol. The molecular formula is C45H62F5N5O5. The molecule has 1 aliphatic carbocycles. The molecule has 0 spiro atoms. The maximum absolute atomic E-state index is 15.8. The van der Waals surface area contributed by atoms with Crippen LogP contribution >= 0.6 is 0 Å². The van der Waals surface area contributed by atoms with Crippen LogP contribution in [0.3, 0.4) is 0 Å². The Morgan fingerprint density at radius 2 is 1.65 bits per heavy atom. The van der Waals surface area contributed by atoms with Crippen LogP contribution in [0.2, 0.25) is 0 Å². The van der Waals surface area contributed by atoms with E-state index in [0.29, 0.717) is 73.3 Å². The number of benzene rings is 2. The lowest BCUT2D eigenvalue weighted by atomic mass is 9.66. The summed E-state index contributed by atoms with van der Waals surface area (Å²) in [6, 6.07) is 11.0. The minimum Gasteiger partial charge on any atom is -0.504 e. The van der Waals surface area contributed by atoms with Gasteiger partial charge in [-0.25, -0.2) is 18.8 Å². The molecule has 2 aromatic rings.